The molecule has 1 amide bonds. The summed E-state index contributed by atoms with van der Waals surface area (Å²) in [5.41, 5.74) is 2.84. The number of carbonyl (C=O) groups is 1. The van der Waals surface area contributed by atoms with Gasteiger partial charge in [-0.15, -0.1) is 0 Å². The van der Waals surface area contributed by atoms with Crippen molar-refractivity contribution in [2.24, 2.45) is 0 Å². The van der Waals surface area contributed by atoms with Crippen molar-refractivity contribution in [3.8, 4) is 0 Å². The third-order valence-electron chi connectivity index (χ3n) is 6.28. The first-order valence-corrected chi connectivity index (χ1v) is 11.3. The lowest BCUT2D eigenvalue weighted by molar-refractivity contribution is -0.123. The number of nitrogens with zero attached hydrogens (tertiary/aromatic N) is 2. The van der Waals surface area contributed by atoms with Gasteiger partial charge in [-0.2, -0.15) is 0 Å². The summed E-state index contributed by atoms with van der Waals surface area (Å²) in [4.78, 5) is 18.4. The molecule has 4 nitrogen and oxygen atoms in total. The second-order valence-corrected chi connectivity index (χ2v) is 8.64. The van der Waals surface area contributed by atoms with Crippen LogP contribution in [0.15, 0.2) is 72.8 Å². The van der Waals surface area contributed by atoms with Crippen LogP contribution in [0, 0.1) is 11.6 Å². The molecule has 33 heavy (non-hydrogen) atoms. The average molecular weight is 446 g/mol. The fourth-order valence-corrected chi connectivity index (χ4v) is 4.81. The van der Waals surface area contributed by atoms with E-state index in [-0.39, 0.29) is 18.4 Å². The summed E-state index contributed by atoms with van der Waals surface area (Å²) in [6, 6.07) is 20.2. The van der Waals surface area contributed by atoms with Crippen LogP contribution in [0.4, 0.5) is 8.78 Å². The van der Waals surface area contributed by atoms with Gasteiger partial charge >= 0.3 is 0 Å². The van der Waals surface area contributed by atoms with E-state index in [1.807, 2.05) is 59.2 Å². The van der Waals surface area contributed by atoms with Crippen LogP contribution in [0.5, 0.6) is 0 Å². The van der Waals surface area contributed by atoms with E-state index in [0.29, 0.717) is 11.4 Å². The smallest absolute Gasteiger partial charge is 0.247 e. The van der Waals surface area contributed by atoms with Crippen LogP contribution in [0.3, 0.4) is 0 Å². The van der Waals surface area contributed by atoms with Crippen LogP contribution in [0.25, 0.3) is 11.0 Å². The zero-order valence-corrected chi connectivity index (χ0v) is 18.2. The van der Waals surface area contributed by atoms with Gasteiger partial charge in [-0.25, -0.2) is 13.8 Å². The molecule has 1 unspecified atom stereocenters. The first kappa shape index (κ1) is 21.3. The topological polar surface area (TPSA) is 46.9 Å². The Kier molecular flexibility index (Phi) is 5.90. The first-order chi connectivity index (χ1) is 16.1. The number of hydrogen-bond acceptors (Lipinski definition) is 2. The maximum atomic E-state index is 13.9. The molecule has 0 spiro atoms. The zero-order valence-electron chi connectivity index (χ0n) is 18.2. The highest BCUT2D eigenvalue weighted by Crippen LogP contribution is 2.29. The van der Waals surface area contributed by atoms with E-state index < -0.39 is 17.7 Å². The van der Waals surface area contributed by atoms with Crippen LogP contribution < -0.4 is 5.32 Å². The molecule has 1 heterocycles. The number of hydrogen-bond donors (Lipinski definition) is 1. The van der Waals surface area contributed by atoms with Crippen molar-refractivity contribution in [1.82, 2.24) is 14.9 Å². The van der Waals surface area contributed by atoms with Crippen LogP contribution in [0.1, 0.15) is 48.7 Å². The number of amides is 1. The largest absolute Gasteiger partial charge is 0.351 e. The molecular formula is C27H25F2N3O. The van der Waals surface area contributed by atoms with Crippen LogP contribution in [0.2, 0.25) is 0 Å². The SMILES string of the molecule is O=C(NC1CCCC1)C(c1ccccc1)n1c(Cc2cc(F)cc(F)c2)nc2ccccc21. The van der Waals surface area contributed by atoms with E-state index in [1.165, 1.54) is 12.1 Å². The molecule has 3 aromatic carbocycles. The quantitative estimate of drug-likeness (QED) is 0.423. The highest BCUT2D eigenvalue weighted by molar-refractivity contribution is 5.87. The van der Waals surface area contributed by atoms with Crippen molar-refractivity contribution < 1.29 is 13.6 Å². The molecule has 5 rings (SSSR count). The third-order valence-corrected chi connectivity index (χ3v) is 6.28. The maximum absolute atomic E-state index is 13.9. The van der Waals surface area contributed by atoms with Gasteiger partial charge in [-0.05, 0) is 48.2 Å². The maximum Gasteiger partial charge on any atom is 0.247 e. The molecule has 0 saturated heterocycles. The monoisotopic (exact) mass is 445 g/mol. The molecular weight excluding hydrogens is 420 g/mol. The van der Waals surface area contributed by atoms with Gasteiger partial charge in [0.1, 0.15) is 23.5 Å². The Balaban J connectivity index is 1.63. The number of halogens is 2. The molecule has 1 aliphatic rings. The molecule has 1 aliphatic carbocycles. The van der Waals surface area contributed by atoms with E-state index in [9.17, 15) is 13.6 Å². The van der Waals surface area contributed by atoms with Gasteiger partial charge < -0.3 is 9.88 Å². The molecule has 1 fully saturated rings. The minimum atomic E-state index is -0.646. The second kappa shape index (κ2) is 9.14. The van der Waals surface area contributed by atoms with Gasteiger partial charge in [0.2, 0.25) is 5.91 Å². The summed E-state index contributed by atoms with van der Waals surface area (Å²) >= 11 is 0. The van der Waals surface area contributed by atoms with Crippen LogP contribution in [-0.4, -0.2) is 21.5 Å². The Labute approximate surface area is 191 Å². The van der Waals surface area contributed by atoms with Crippen molar-refractivity contribution in [2.75, 3.05) is 0 Å². The molecule has 6 heteroatoms. The normalized spacial score (nSPS) is 15.1. The van der Waals surface area contributed by atoms with Gasteiger partial charge in [-0.3, -0.25) is 4.79 Å². The first-order valence-electron chi connectivity index (χ1n) is 11.3. The summed E-state index contributed by atoms with van der Waals surface area (Å²) < 4.78 is 29.7. The number of rotatable bonds is 6. The summed E-state index contributed by atoms with van der Waals surface area (Å²) in [5, 5.41) is 3.23. The van der Waals surface area contributed by atoms with Gasteiger partial charge in [0.05, 0.1) is 11.0 Å². The number of aromatic nitrogens is 2. The van der Waals surface area contributed by atoms with Crippen molar-refractivity contribution in [3.63, 3.8) is 0 Å². The lowest BCUT2D eigenvalue weighted by atomic mass is 10.0. The Morgan fingerprint density at radius 2 is 1.64 bits per heavy atom. The van der Waals surface area contributed by atoms with Gasteiger partial charge in [0.25, 0.3) is 0 Å². The number of para-hydroxylation sites is 2. The predicted octanol–water partition coefficient (Wildman–Crippen LogP) is 5.55. The number of imidazole rings is 1. The van der Waals surface area contributed by atoms with Crippen LogP contribution in [-0.2, 0) is 11.2 Å². The second-order valence-electron chi connectivity index (χ2n) is 8.64. The number of nitrogens with one attached hydrogen (secondary N) is 1. The van der Waals surface area contributed by atoms with E-state index in [4.69, 9.17) is 4.98 Å². The molecule has 1 atom stereocenters. The highest BCUT2D eigenvalue weighted by Gasteiger charge is 2.29. The molecule has 4 aromatic rings. The highest BCUT2D eigenvalue weighted by atomic mass is 19.1. The van der Waals surface area contributed by atoms with Crippen molar-refractivity contribution in [2.45, 2.75) is 44.2 Å². The van der Waals surface area contributed by atoms with E-state index in [0.717, 1.165) is 48.3 Å². The zero-order chi connectivity index (χ0) is 22.8. The molecule has 1 aromatic heterocycles. The Hall–Kier alpha value is -3.54. The lowest BCUT2D eigenvalue weighted by Gasteiger charge is -2.24. The molecule has 0 bridgehead atoms. The summed E-state index contributed by atoms with van der Waals surface area (Å²) in [7, 11) is 0. The minimum absolute atomic E-state index is 0.0945. The molecule has 0 radical (unpaired) electrons. The van der Waals surface area contributed by atoms with E-state index in [1.54, 1.807) is 0 Å². The van der Waals surface area contributed by atoms with Crippen molar-refractivity contribution in [1.29, 1.82) is 0 Å². The number of benzene rings is 3. The predicted molar refractivity (Wildman–Crippen MR) is 124 cm³/mol. The van der Waals surface area contributed by atoms with Crippen molar-refractivity contribution in [3.05, 3.63) is 101 Å². The third kappa shape index (κ3) is 4.51. The molecule has 168 valence electrons. The summed E-state index contributed by atoms with van der Waals surface area (Å²) in [6.45, 7) is 0. The Morgan fingerprint density at radius 1 is 0.970 bits per heavy atom. The molecule has 0 aliphatic heterocycles. The molecule has 1 saturated carbocycles. The number of carbonyl (C=O) groups excluding carboxylic acids is 1. The van der Waals surface area contributed by atoms with Gasteiger partial charge in [0.15, 0.2) is 0 Å². The minimum Gasteiger partial charge on any atom is -0.351 e. The lowest BCUT2D eigenvalue weighted by Crippen LogP contribution is -2.39. The fourth-order valence-electron chi connectivity index (χ4n) is 4.81. The summed E-state index contributed by atoms with van der Waals surface area (Å²) in [5.74, 6) is -0.781. The average Bonchev–Trinajstić information content (AvgIpc) is 3.42. The van der Waals surface area contributed by atoms with Gasteiger partial charge in [0, 0.05) is 18.5 Å². The van der Waals surface area contributed by atoms with E-state index >= 15 is 0 Å². The Bertz CT molecular complexity index is 1260. The fraction of sp³-hybridized carbons (Fsp3) is 0.259. The summed E-state index contributed by atoms with van der Waals surface area (Å²) in [6.07, 6.45) is 4.39. The van der Waals surface area contributed by atoms with Crippen molar-refractivity contribution >= 4 is 16.9 Å². The number of fused-ring (bicyclic) bond motifs is 1. The van der Waals surface area contributed by atoms with Crippen LogP contribution >= 0.6 is 0 Å². The van der Waals surface area contributed by atoms with E-state index in [2.05, 4.69) is 5.32 Å². The molecule has 1 N–H and O–H groups in total. The van der Waals surface area contributed by atoms with Gasteiger partial charge in [-0.1, -0.05) is 55.3 Å². The standard InChI is InChI=1S/C27H25F2N3O/c28-20-14-18(15-21(29)17-20)16-25-31-23-12-6-7-13-24(23)32(25)26(19-8-2-1-3-9-19)27(33)30-22-10-4-5-11-22/h1-3,6-9,12-15,17,22,26H,4-5,10-11,16H2,(H,30,33). The Morgan fingerprint density at radius 3 is 2.36 bits per heavy atom.